The molecule has 1 heterocycles. The van der Waals surface area contributed by atoms with Gasteiger partial charge in [-0.15, -0.1) is 0 Å². The molecule has 0 atom stereocenters. The van der Waals surface area contributed by atoms with Crippen molar-refractivity contribution in [2.24, 2.45) is 0 Å². The molecule has 0 spiro atoms. The molecule has 0 aromatic heterocycles. The van der Waals surface area contributed by atoms with Gasteiger partial charge >= 0.3 is 0 Å². The molecule has 2 aromatic carbocycles. The number of para-hydroxylation sites is 2. The van der Waals surface area contributed by atoms with E-state index in [4.69, 9.17) is 0 Å². The Kier molecular flexibility index (Phi) is 3.74. The first kappa shape index (κ1) is 13.2. The average molecular weight is 331 g/mol. The summed E-state index contributed by atoms with van der Waals surface area (Å²) in [7, 11) is 0. The number of anilines is 2. The van der Waals surface area contributed by atoms with Crippen molar-refractivity contribution in [3.63, 3.8) is 0 Å². The van der Waals surface area contributed by atoms with E-state index in [9.17, 15) is 4.79 Å². The second-order valence-corrected chi connectivity index (χ2v) is 5.59. The van der Waals surface area contributed by atoms with Gasteiger partial charge in [0.1, 0.15) is 0 Å². The monoisotopic (exact) mass is 330 g/mol. The minimum absolute atomic E-state index is 0.0358. The maximum Gasteiger partial charge on any atom is 0.259 e. The van der Waals surface area contributed by atoms with E-state index in [0.717, 1.165) is 35.4 Å². The Hall–Kier alpha value is -1.81. The molecule has 1 N–H and O–H groups in total. The molecule has 0 radical (unpaired) electrons. The second-order valence-electron chi connectivity index (χ2n) is 4.73. The van der Waals surface area contributed by atoms with E-state index in [1.807, 2.05) is 53.4 Å². The van der Waals surface area contributed by atoms with Gasteiger partial charge in [-0.2, -0.15) is 0 Å². The Balaban J connectivity index is 2.02. The summed E-state index contributed by atoms with van der Waals surface area (Å²) in [6.07, 6.45) is 0.935. The summed E-state index contributed by atoms with van der Waals surface area (Å²) in [6, 6.07) is 15.5. The van der Waals surface area contributed by atoms with E-state index in [1.54, 1.807) is 0 Å². The zero-order valence-corrected chi connectivity index (χ0v) is 12.6. The lowest BCUT2D eigenvalue weighted by molar-refractivity contribution is 0.0986. The highest BCUT2D eigenvalue weighted by atomic mass is 79.9. The molecule has 20 heavy (non-hydrogen) atoms. The van der Waals surface area contributed by atoms with Crippen LogP contribution in [0.15, 0.2) is 53.0 Å². The molecule has 4 heteroatoms. The number of fused-ring (bicyclic) bond motifs is 1. The lowest BCUT2D eigenvalue weighted by Gasteiger charge is -2.23. The van der Waals surface area contributed by atoms with Gasteiger partial charge in [0.15, 0.2) is 0 Å². The van der Waals surface area contributed by atoms with E-state index >= 15 is 0 Å². The van der Waals surface area contributed by atoms with Gasteiger partial charge in [0.05, 0.1) is 16.9 Å². The fourth-order valence-electron chi connectivity index (χ4n) is 2.43. The number of halogens is 1. The van der Waals surface area contributed by atoms with Crippen molar-refractivity contribution in [2.75, 3.05) is 23.3 Å². The van der Waals surface area contributed by atoms with Crippen molar-refractivity contribution in [1.82, 2.24) is 0 Å². The highest BCUT2D eigenvalue weighted by Gasteiger charge is 2.23. The normalized spacial score (nSPS) is 14.2. The molecule has 0 unspecified atom stereocenters. The summed E-state index contributed by atoms with van der Waals surface area (Å²) in [6.45, 7) is 1.61. The summed E-state index contributed by atoms with van der Waals surface area (Å²) in [5.74, 6) is 0.0358. The summed E-state index contributed by atoms with van der Waals surface area (Å²) in [4.78, 5) is 14.7. The molecule has 0 fully saturated rings. The third kappa shape index (κ3) is 2.43. The van der Waals surface area contributed by atoms with Gasteiger partial charge in [-0.3, -0.25) is 4.79 Å². The Bertz CT molecular complexity index is 642. The van der Waals surface area contributed by atoms with Crippen molar-refractivity contribution >= 4 is 33.2 Å². The Morgan fingerprint density at radius 3 is 2.70 bits per heavy atom. The van der Waals surface area contributed by atoms with Crippen LogP contribution < -0.4 is 10.2 Å². The summed E-state index contributed by atoms with van der Waals surface area (Å²) < 4.78 is 0.833. The van der Waals surface area contributed by atoms with Gasteiger partial charge < -0.3 is 10.2 Å². The fraction of sp³-hybridized carbons (Fsp3) is 0.188. The van der Waals surface area contributed by atoms with Gasteiger partial charge in [-0.25, -0.2) is 0 Å². The number of nitrogens with one attached hydrogen (secondary N) is 1. The number of amides is 1. The summed E-state index contributed by atoms with van der Waals surface area (Å²) in [5, 5.41) is 3.37. The molecule has 1 aliphatic heterocycles. The number of carbonyl (C=O) groups excluding carboxylic acids is 1. The van der Waals surface area contributed by atoms with Crippen LogP contribution >= 0.6 is 15.9 Å². The number of nitrogens with zero attached hydrogens (tertiary/aromatic N) is 1. The Labute approximate surface area is 126 Å². The molecule has 1 aliphatic rings. The number of carbonyl (C=O) groups is 1. The highest BCUT2D eigenvalue weighted by molar-refractivity contribution is 9.10. The maximum atomic E-state index is 12.8. The molecular formula is C16H15BrN2O. The zero-order valence-electron chi connectivity index (χ0n) is 11.0. The van der Waals surface area contributed by atoms with E-state index in [1.165, 1.54) is 0 Å². The number of benzene rings is 2. The van der Waals surface area contributed by atoms with E-state index in [2.05, 4.69) is 21.2 Å². The maximum absolute atomic E-state index is 12.8. The predicted molar refractivity (Wildman–Crippen MR) is 85.4 cm³/mol. The first-order valence-corrected chi connectivity index (χ1v) is 7.46. The largest absolute Gasteiger partial charge is 0.383 e. The van der Waals surface area contributed by atoms with Crippen LogP contribution in [0.1, 0.15) is 16.8 Å². The van der Waals surface area contributed by atoms with E-state index in [0.29, 0.717) is 5.56 Å². The Morgan fingerprint density at radius 2 is 1.85 bits per heavy atom. The molecule has 3 nitrogen and oxygen atoms in total. The lowest BCUT2D eigenvalue weighted by Crippen LogP contribution is -2.31. The molecule has 0 saturated heterocycles. The minimum Gasteiger partial charge on any atom is -0.383 e. The lowest BCUT2D eigenvalue weighted by atomic mass is 10.1. The topological polar surface area (TPSA) is 32.3 Å². The number of hydrogen-bond acceptors (Lipinski definition) is 2. The van der Waals surface area contributed by atoms with E-state index < -0.39 is 0 Å². The van der Waals surface area contributed by atoms with Gasteiger partial charge in [0, 0.05) is 17.6 Å². The van der Waals surface area contributed by atoms with Crippen LogP contribution in [0.25, 0.3) is 0 Å². The molecule has 3 rings (SSSR count). The third-order valence-corrected chi connectivity index (χ3v) is 4.11. The van der Waals surface area contributed by atoms with Crippen molar-refractivity contribution in [2.45, 2.75) is 6.42 Å². The number of hydrogen-bond donors (Lipinski definition) is 1. The van der Waals surface area contributed by atoms with Crippen LogP contribution in [0.4, 0.5) is 11.4 Å². The average Bonchev–Trinajstić information content (AvgIpc) is 2.69. The molecule has 2 aromatic rings. The van der Waals surface area contributed by atoms with Crippen molar-refractivity contribution < 1.29 is 4.79 Å². The highest BCUT2D eigenvalue weighted by Crippen LogP contribution is 2.30. The third-order valence-electron chi connectivity index (χ3n) is 3.42. The van der Waals surface area contributed by atoms with Gasteiger partial charge in [-0.05, 0) is 46.6 Å². The van der Waals surface area contributed by atoms with E-state index in [-0.39, 0.29) is 5.91 Å². The SMILES string of the molecule is O=C(c1ccccc1Br)N1CCCNc2ccccc21. The summed E-state index contributed by atoms with van der Waals surface area (Å²) in [5.41, 5.74) is 2.67. The molecular weight excluding hydrogens is 316 g/mol. The molecule has 1 amide bonds. The van der Waals surface area contributed by atoms with Crippen molar-refractivity contribution in [1.29, 1.82) is 0 Å². The van der Waals surface area contributed by atoms with Crippen LogP contribution in [0.2, 0.25) is 0 Å². The zero-order chi connectivity index (χ0) is 13.9. The van der Waals surface area contributed by atoms with Gasteiger partial charge in [-0.1, -0.05) is 24.3 Å². The minimum atomic E-state index is 0.0358. The molecule has 0 aliphatic carbocycles. The van der Waals surface area contributed by atoms with Crippen molar-refractivity contribution in [3.05, 3.63) is 58.6 Å². The fourth-order valence-corrected chi connectivity index (χ4v) is 2.88. The molecule has 0 bridgehead atoms. The second kappa shape index (κ2) is 5.67. The Morgan fingerprint density at radius 1 is 1.10 bits per heavy atom. The van der Waals surface area contributed by atoms with Gasteiger partial charge in [0.2, 0.25) is 0 Å². The van der Waals surface area contributed by atoms with Gasteiger partial charge in [0.25, 0.3) is 5.91 Å². The van der Waals surface area contributed by atoms with Crippen LogP contribution in [0.5, 0.6) is 0 Å². The number of rotatable bonds is 1. The van der Waals surface area contributed by atoms with Crippen LogP contribution in [-0.4, -0.2) is 19.0 Å². The predicted octanol–water partition coefficient (Wildman–Crippen LogP) is 3.91. The first-order chi connectivity index (χ1) is 9.77. The quantitative estimate of drug-likeness (QED) is 0.859. The van der Waals surface area contributed by atoms with Crippen LogP contribution in [-0.2, 0) is 0 Å². The van der Waals surface area contributed by atoms with Crippen LogP contribution in [0, 0.1) is 0 Å². The molecule has 0 saturated carbocycles. The standard InChI is InChI=1S/C16H15BrN2O/c17-13-7-2-1-6-12(13)16(20)19-11-5-10-18-14-8-3-4-9-15(14)19/h1-4,6-9,18H,5,10-11H2. The van der Waals surface area contributed by atoms with Crippen molar-refractivity contribution in [3.8, 4) is 0 Å². The van der Waals surface area contributed by atoms with Crippen LogP contribution in [0.3, 0.4) is 0 Å². The first-order valence-electron chi connectivity index (χ1n) is 6.66. The summed E-state index contributed by atoms with van der Waals surface area (Å²) >= 11 is 3.46. The molecule has 102 valence electrons. The smallest absolute Gasteiger partial charge is 0.259 e.